The molecule has 1 aromatic heterocycles. The van der Waals surface area contributed by atoms with Crippen molar-refractivity contribution in [2.24, 2.45) is 5.73 Å². The summed E-state index contributed by atoms with van der Waals surface area (Å²) in [6.07, 6.45) is 1.40. The molecule has 0 unspecified atom stereocenters. The van der Waals surface area contributed by atoms with E-state index in [0.717, 1.165) is 34.1 Å². The van der Waals surface area contributed by atoms with E-state index in [0.29, 0.717) is 25.1 Å². The number of hydrogen-bond donors (Lipinski definition) is 3. The molecule has 0 saturated heterocycles. The molecule has 0 aliphatic carbocycles. The minimum Gasteiger partial charge on any atom is -0.478 e. The molecule has 0 aliphatic rings. The first-order valence-electron chi connectivity index (χ1n) is 7.17. The number of aliphatic hydroxyl groups excluding tert-OH is 1. The summed E-state index contributed by atoms with van der Waals surface area (Å²) in [5.41, 5.74) is 10.2. The quantitative estimate of drug-likeness (QED) is 0.757. The zero-order valence-corrected chi connectivity index (χ0v) is 12.5. The molecule has 0 saturated carbocycles. The van der Waals surface area contributed by atoms with Crippen molar-refractivity contribution in [3.63, 3.8) is 0 Å². The molecule has 2 rings (SSSR count). The average molecular weight is 290 g/mol. The summed E-state index contributed by atoms with van der Waals surface area (Å²) in [6, 6.07) is 3.43. The summed E-state index contributed by atoms with van der Waals surface area (Å²) in [5.74, 6) is -0.919. The highest BCUT2D eigenvalue weighted by molar-refractivity contribution is 5.97. The summed E-state index contributed by atoms with van der Waals surface area (Å²) < 4.78 is 2.16. The first-order chi connectivity index (χ1) is 10.0. The SMILES string of the molecule is Cc1cc(C(=O)O)cc2c(CCCO)c(C)n(CCN)c12. The fourth-order valence-electron chi connectivity index (χ4n) is 3.00. The molecule has 1 heterocycles. The van der Waals surface area contributed by atoms with Gasteiger partial charge in [0.1, 0.15) is 0 Å². The predicted octanol–water partition coefficient (Wildman–Crippen LogP) is 1.84. The predicted molar refractivity (Wildman–Crippen MR) is 82.8 cm³/mol. The second kappa shape index (κ2) is 6.28. The second-order valence-electron chi connectivity index (χ2n) is 5.33. The van der Waals surface area contributed by atoms with Crippen LogP contribution in [-0.2, 0) is 13.0 Å². The average Bonchev–Trinajstić information content (AvgIpc) is 2.70. The van der Waals surface area contributed by atoms with E-state index in [1.165, 1.54) is 0 Å². The van der Waals surface area contributed by atoms with Gasteiger partial charge in [-0.15, -0.1) is 0 Å². The van der Waals surface area contributed by atoms with Crippen molar-refractivity contribution < 1.29 is 15.0 Å². The number of carbonyl (C=O) groups is 1. The van der Waals surface area contributed by atoms with Gasteiger partial charge in [0.2, 0.25) is 0 Å². The smallest absolute Gasteiger partial charge is 0.335 e. The van der Waals surface area contributed by atoms with Gasteiger partial charge < -0.3 is 20.5 Å². The van der Waals surface area contributed by atoms with Crippen LogP contribution in [0.15, 0.2) is 12.1 Å². The normalized spacial score (nSPS) is 11.2. The maximum atomic E-state index is 11.3. The summed E-state index contributed by atoms with van der Waals surface area (Å²) in [5, 5.41) is 19.3. The first kappa shape index (κ1) is 15.5. The van der Waals surface area contributed by atoms with Gasteiger partial charge in [-0.3, -0.25) is 0 Å². The Labute approximate surface area is 124 Å². The van der Waals surface area contributed by atoms with Crippen LogP contribution in [0.1, 0.15) is 33.6 Å². The number of hydrogen-bond acceptors (Lipinski definition) is 3. The third-order valence-electron chi connectivity index (χ3n) is 3.92. The number of nitrogens with two attached hydrogens (primary N) is 1. The Morgan fingerprint density at radius 1 is 1.33 bits per heavy atom. The van der Waals surface area contributed by atoms with E-state index in [2.05, 4.69) is 4.57 Å². The minimum atomic E-state index is -0.919. The Bertz CT molecular complexity index is 674. The molecule has 2 aromatic rings. The van der Waals surface area contributed by atoms with Crippen LogP contribution >= 0.6 is 0 Å². The van der Waals surface area contributed by atoms with Gasteiger partial charge in [0.05, 0.1) is 11.1 Å². The van der Waals surface area contributed by atoms with E-state index in [-0.39, 0.29) is 6.61 Å². The van der Waals surface area contributed by atoms with Crippen molar-refractivity contribution in [2.45, 2.75) is 33.2 Å². The summed E-state index contributed by atoms with van der Waals surface area (Å²) >= 11 is 0. The number of aromatic nitrogens is 1. The molecule has 5 nitrogen and oxygen atoms in total. The van der Waals surface area contributed by atoms with Gasteiger partial charge in [0.15, 0.2) is 0 Å². The van der Waals surface area contributed by atoms with E-state index >= 15 is 0 Å². The van der Waals surface area contributed by atoms with Crippen molar-refractivity contribution in [3.8, 4) is 0 Å². The molecule has 0 aliphatic heterocycles. The Hall–Kier alpha value is -1.85. The van der Waals surface area contributed by atoms with Gasteiger partial charge in [-0.2, -0.15) is 0 Å². The maximum absolute atomic E-state index is 11.3. The monoisotopic (exact) mass is 290 g/mol. The number of carboxylic acids is 1. The van der Waals surface area contributed by atoms with E-state index in [9.17, 15) is 9.90 Å². The highest BCUT2D eigenvalue weighted by Gasteiger charge is 2.17. The van der Waals surface area contributed by atoms with Gasteiger partial charge in [0, 0.05) is 30.8 Å². The highest BCUT2D eigenvalue weighted by Crippen LogP contribution is 2.30. The summed E-state index contributed by atoms with van der Waals surface area (Å²) in [6.45, 7) is 5.32. The van der Waals surface area contributed by atoms with Crippen molar-refractivity contribution in [1.29, 1.82) is 0 Å². The van der Waals surface area contributed by atoms with Crippen molar-refractivity contribution in [1.82, 2.24) is 4.57 Å². The summed E-state index contributed by atoms with van der Waals surface area (Å²) in [4.78, 5) is 11.3. The number of aryl methyl sites for hydroxylation is 2. The fourth-order valence-corrected chi connectivity index (χ4v) is 3.00. The Kier molecular flexibility index (Phi) is 4.65. The van der Waals surface area contributed by atoms with Crippen molar-refractivity contribution in [3.05, 3.63) is 34.5 Å². The first-order valence-corrected chi connectivity index (χ1v) is 7.17. The van der Waals surface area contributed by atoms with Gasteiger partial charge in [-0.05, 0) is 49.9 Å². The Morgan fingerprint density at radius 2 is 2.05 bits per heavy atom. The molecule has 114 valence electrons. The largest absolute Gasteiger partial charge is 0.478 e. The zero-order valence-electron chi connectivity index (χ0n) is 12.5. The Balaban J connectivity index is 2.73. The molecule has 5 heteroatoms. The van der Waals surface area contributed by atoms with Gasteiger partial charge in [0.25, 0.3) is 0 Å². The number of aliphatic hydroxyl groups is 1. The van der Waals surface area contributed by atoms with Crippen LogP contribution in [0.4, 0.5) is 0 Å². The van der Waals surface area contributed by atoms with Crippen LogP contribution in [-0.4, -0.2) is 33.9 Å². The third kappa shape index (κ3) is 2.80. The number of carboxylic acid groups (broad SMARTS) is 1. The molecule has 0 spiro atoms. The van der Waals surface area contributed by atoms with Gasteiger partial charge in [-0.25, -0.2) is 4.79 Å². The lowest BCUT2D eigenvalue weighted by atomic mass is 10.0. The molecule has 0 atom stereocenters. The van der Waals surface area contributed by atoms with Crippen LogP contribution < -0.4 is 5.73 Å². The van der Waals surface area contributed by atoms with Crippen LogP contribution in [0.5, 0.6) is 0 Å². The van der Waals surface area contributed by atoms with Crippen LogP contribution in [0.3, 0.4) is 0 Å². The van der Waals surface area contributed by atoms with Crippen LogP contribution in [0.25, 0.3) is 10.9 Å². The molecule has 0 bridgehead atoms. The van der Waals surface area contributed by atoms with Crippen molar-refractivity contribution >= 4 is 16.9 Å². The molecule has 4 N–H and O–H groups in total. The van der Waals surface area contributed by atoms with E-state index in [4.69, 9.17) is 10.8 Å². The van der Waals surface area contributed by atoms with Crippen LogP contribution in [0, 0.1) is 13.8 Å². The molecule has 1 aromatic carbocycles. The molecule has 0 radical (unpaired) electrons. The molecule has 0 amide bonds. The third-order valence-corrected chi connectivity index (χ3v) is 3.92. The molecule has 0 fully saturated rings. The maximum Gasteiger partial charge on any atom is 0.335 e. The molecule has 21 heavy (non-hydrogen) atoms. The zero-order chi connectivity index (χ0) is 15.6. The number of rotatable bonds is 6. The lowest BCUT2D eigenvalue weighted by molar-refractivity contribution is 0.0697. The summed E-state index contributed by atoms with van der Waals surface area (Å²) in [7, 11) is 0. The number of benzene rings is 1. The second-order valence-corrected chi connectivity index (χ2v) is 5.33. The highest BCUT2D eigenvalue weighted by atomic mass is 16.4. The van der Waals surface area contributed by atoms with E-state index in [1.807, 2.05) is 13.8 Å². The lowest BCUT2D eigenvalue weighted by Gasteiger charge is -2.09. The fraction of sp³-hybridized carbons (Fsp3) is 0.438. The number of aromatic carboxylic acids is 1. The van der Waals surface area contributed by atoms with Gasteiger partial charge >= 0.3 is 5.97 Å². The lowest BCUT2D eigenvalue weighted by Crippen LogP contribution is -2.11. The molecular formula is C16H22N2O3. The van der Waals surface area contributed by atoms with Crippen molar-refractivity contribution in [2.75, 3.05) is 13.2 Å². The standard InChI is InChI=1S/C16H22N2O3/c1-10-8-12(16(20)21)9-14-13(4-3-7-19)11(2)18(6-5-17)15(10)14/h8-9,19H,3-7,17H2,1-2H3,(H,20,21). The Morgan fingerprint density at radius 3 is 2.62 bits per heavy atom. The van der Waals surface area contributed by atoms with Gasteiger partial charge in [-0.1, -0.05) is 0 Å². The topological polar surface area (TPSA) is 88.5 Å². The minimum absolute atomic E-state index is 0.126. The number of nitrogens with zero attached hydrogens (tertiary/aromatic N) is 1. The van der Waals surface area contributed by atoms with Crippen LogP contribution in [0.2, 0.25) is 0 Å². The van der Waals surface area contributed by atoms with E-state index in [1.54, 1.807) is 12.1 Å². The number of fused-ring (bicyclic) bond motifs is 1. The van der Waals surface area contributed by atoms with E-state index < -0.39 is 5.97 Å². The molecular weight excluding hydrogens is 268 g/mol.